The molecule has 0 spiro atoms. The summed E-state index contributed by atoms with van der Waals surface area (Å²) in [7, 11) is 1.53. The number of methoxy groups -OCH3 is 1. The molecule has 6 heteroatoms. The summed E-state index contributed by atoms with van der Waals surface area (Å²) in [5.41, 5.74) is 0.495. The van der Waals surface area contributed by atoms with Gasteiger partial charge < -0.3 is 19.5 Å². The largest absolute Gasteiger partial charge is 0.475 e. The first-order valence-corrected chi connectivity index (χ1v) is 7.51. The molecule has 0 aliphatic heterocycles. The Balaban J connectivity index is 2.68. The number of carbonyl (C=O) groups excluding carboxylic acids is 1. The number of aryl methyl sites for hydroxylation is 1. The highest BCUT2D eigenvalue weighted by atomic mass is 16.5. The molecule has 1 amide bonds. The maximum atomic E-state index is 12.3. The Morgan fingerprint density at radius 3 is 2.59 bits per heavy atom. The van der Waals surface area contributed by atoms with E-state index in [0.29, 0.717) is 43.5 Å². The predicted molar refractivity (Wildman–Crippen MR) is 85.3 cm³/mol. The number of amides is 1. The molecule has 0 saturated heterocycles. The summed E-state index contributed by atoms with van der Waals surface area (Å²) >= 11 is 0. The summed E-state index contributed by atoms with van der Waals surface area (Å²) in [6.45, 7) is 9.06. The number of ether oxygens (including phenoxy) is 3. The Morgan fingerprint density at radius 2 is 2.05 bits per heavy atom. The van der Waals surface area contributed by atoms with Crippen LogP contribution in [0.25, 0.3) is 0 Å². The molecule has 0 saturated carbocycles. The summed E-state index contributed by atoms with van der Waals surface area (Å²) in [5, 5.41) is 2.85. The molecular weight excluding hydrogens is 284 g/mol. The fraction of sp³-hybridized carbons (Fsp3) is 0.625. The number of aromatic nitrogens is 1. The molecule has 6 nitrogen and oxygen atoms in total. The van der Waals surface area contributed by atoms with Crippen molar-refractivity contribution in [2.45, 2.75) is 39.7 Å². The van der Waals surface area contributed by atoms with Crippen LogP contribution in [0.3, 0.4) is 0 Å². The molecular formula is C16H26N2O4. The topological polar surface area (TPSA) is 69.7 Å². The van der Waals surface area contributed by atoms with Gasteiger partial charge in [0.25, 0.3) is 5.91 Å². The van der Waals surface area contributed by atoms with E-state index in [0.717, 1.165) is 0 Å². The van der Waals surface area contributed by atoms with Gasteiger partial charge in [-0.25, -0.2) is 4.98 Å². The number of anilines is 1. The normalized spacial score (nSPS) is 13.5. The van der Waals surface area contributed by atoms with E-state index in [1.165, 1.54) is 7.11 Å². The van der Waals surface area contributed by atoms with Crippen LogP contribution in [0, 0.1) is 6.92 Å². The first-order valence-electron chi connectivity index (χ1n) is 7.51. The monoisotopic (exact) mass is 310 g/mol. The summed E-state index contributed by atoms with van der Waals surface area (Å²) in [5.74, 6) is 0.326. The van der Waals surface area contributed by atoms with Crippen LogP contribution in [-0.2, 0) is 14.3 Å². The molecule has 1 aromatic rings. The number of rotatable bonds is 9. The molecule has 0 aromatic carbocycles. The standard InChI is InChI=1S/C16H26N2O4/c1-6-16(4,20-5)15(19)18-13-8-9-14(17-12(13)3)22-11-10-21-7-2/h8-9H,6-7,10-11H2,1-5H3,(H,18,19). The van der Waals surface area contributed by atoms with Gasteiger partial charge in [-0.15, -0.1) is 0 Å². The third kappa shape index (κ3) is 4.96. The van der Waals surface area contributed by atoms with Gasteiger partial charge >= 0.3 is 0 Å². The Hall–Kier alpha value is -1.66. The van der Waals surface area contributed by atoms with Crippen molar-refractivity contribution in [3.8, 4) is 5.88 Å². The summed E-state index contributed by atoms with van der Waals surface area (Å²) in [6.07, 6.45) is 0.584. The van der Waals surface area contributed by atoms with Crippen molar-refractivity contribution in [2.75, 3.05) is 32.2 Å². The molecule has 1 atom stereocenters. The van der Waals surface area contributed by atoms with Crippen molar-refractivity contribution in [3.05, 3.63) is 17.8 Å². The van der Waals surface area contributed by atoms with Crippen LogP contribution in [0.4, 0.5) is 5.69 Å². The van der Waals surface area contributed by atoms with Crippen LogP contribution >= 0.6 is 0 Å². The lowest BCUT2D eigenvalue weighted by molar-refractivity contribution is -0.136. The quantitative estimate of drug-likeness (QED) is 0.710. The smallest absolute Gasteiger partial charge is 0.256 e. The van der Waals surface area contributed by atoms with Gasteiger partial charge in [-0.05, 0) is 33.3 Å². The van der Waals surface area contributed by atoms with E-state index >= 15 is 0 Å². The van der Waals surface area contributed by atoms with Crippen molar-refractivity contribution in [2.24, 2.45) is 0 Å². The molecule has 0 fully saturated rings. The van der Waals surface area contributed by atoms with Crippen LogP contribution in [0.5, 0.6) is 5.88 Å². The summed E-state index contributed by atoms with van der Waals surface area (Å²) in [6, 6.07) is 3.51. The molecule has 1 rings (SSSR count). The van der Waals surface area contributed by atoms with Gasteiger partial charge in [0.05, 0.1) is 18.0 Å². The number of pyridine rings is 1. The van der Waals surface area contributed by atoms with Crippen LogP contribution in [0.15, 0.2) is 12.1 Å². The van der Waals surface area contributed by atoms with Gasteiger partial charge in [-0.1, -0.05) is 6.92 Å². The lowest BCUT2D eigenvalue weighted by Gasteiger charge is -2.25. The SMILES string of the molecule is CCOCCOc1ccc(NC(=O)C(C)(CC)OC)c(C)n1. The minimum atomic E-state index is -0.848. The Labute approximate surface area is 132 Å². The number of carbonyl (C=O) groups is 1. The van der Waals surface area contributed by atoms with E-state index in [9.17, 15) is 4.79 Å². The van der Waals surface area contributed by atoms with E-state index in [1.807, 2.05) is 20.8 Å². The number of hydrogen-bond donors (Lipinski definition) is 1. The number of hydrogen-bond acceptors (Lipinski definition) is 5. The first-order chi connectivity index (χ1) is 10.5. The molecule has 0 aliphatic carbocycles. The lowest BCUT2D eigenvalue weighted by Crippen LogP contribution is -2.41. The van der Waals surface area contributed by atoms with Crippen LogP contribution in [-0.4, -0.2) is 43.4 Å². The van der Waals surface area contributed by atoms with Crippen molar-refractivity contribution in [3.63, 3.8) is 0 Å². The Bertz CT molecular complexity index is 487. The van der Waals surface area contributed by atoms with Crippen LogP contribution in [0.1, 0.15) is 32.9 Å². The molecule has 124 valence electrons. The Morgan fingerprint density at radius 1 is 1.32 bits per heavy atom. The van der Waals surface area contributed by atoms with Crippen molar-refractivity contribution < 1.29 is 19.0 Å². The van der Waals surface area contributed by atoms with Crippen LogP contribution in [0.2, 0.25) is 0 Å². The Kier molecular flexibility index (Phi) is 7.27. The fourth-order valence-corrected chi connectivity index (χ4v) is 1.75. The third-order valence-corrected chi connectivity index (χ3v) is 3.60. The van der Waals surface area contributed by atoms with E-state index in [1.54, 1.807) is 19.1 Å². The predicted octanol–water partition coefficient (Wildman–Crippen LogP) is 2.56. The van der Waals surface area contributed by atoms with E-state index < -0.39 is 5.60 Å². The lowest BCUT2D eigenvalue weighted by atomic mass is 10.0. The molecule has 1 aromatic heterocycles. The van der Waals surface area contributed by atoms with E-state index in [4.69, 9.17) is 14.2 Å². The first kappa shape index (κ1) is 18.4. The van der Waals surface area contributed by atoms with Crippen molar-refractivity contribution in [1.29, 1.82) is 0 Å². The van der Waals surface area contributed by atoms with Crippen LogP contribution < -0.4 is 10.1 Å². The molecule has 1 unspecified atom stereocenters. The van der Waals surface area contributed by atoms with Gasteiger partial charge in [-0.2, -0.15) is 0 Å². The molecule has 0 bridgehead atoms. The van der Waals surface area contributed by atoms with Crippen molar-refractivity contribution in [1.82, 2.24) is 4.98 Å². The number of nitrogens with one attached hydrogen (secondary N) is 1. The second-order valence-electron chi connectivity index (χ2n) is 5.07. The van der Waals surface area contributed by atoms with Gasteiger partial charge in [0.1, 0.15) is 12.2 Å². The van der Waals surface area contributed by atoms with Crippen molar-refractivity contribution >= 4 is 11.6 Å². The summed E-state index contributed by atoms with van der Waals surface area (Å²) < 4.78 is 16.0. The van der Waals surface area contributed by atoms with Gasteiger partial charge in [0.2, 0.25) is 5.88 Å². The summed E-state index contributed by atoms with van der Waals surface area (Å²) in [4.78, 5) is 16.6. The average Bonchev–Trinajstić information content (AvgIpc) is 2.53. The zero-order valence-corrected chi connectivity index (χ0v) is 14.1. The fourth-order valence-electron chi connectivity index (χ4n) is 1.75. The highest BCUT2D eigenvalue weighted by Crippen LogP contribution is 2.21. The van der Waals surface area contributed by atoms with Gasteiger partial charge in [0.15, 0.2) is 0 Å². The molecule has 0 aliphatic rings. The second kappa shape index (κ2) is 8.70. The molecule has 0 radical (unpaired) electrons. The van der Waals surface area contributed by atoms with E-state index in [2.05, 4.69) is 10.3 Å². The molecule has 22 heavy (non-hydrogen) atoms. The highest BCUT2D eigenvalue weighted by Gasteiger charge is 2.31. The number of nitrogens with zero attached hydrogens (tertiary/aromatic N) is 1. The highest BCUT2D eigenvalue weighted by molar-refractivity contribution is 5.97. The van der Waals surface area contributed by atoms with E-state index in [-0.39, 0.29) is 5.91 Å². The molecule has 1 N–H and O–H groups in total. The average molecular weight is 310 g/mol. The zero-order valence-electron chi connectivity index (χ0n) is 14.1. The second-order valence-corrected chi connectivity index (χ2v) is 5.07. The minimum Gasteiger partial charge on any atom is -0.475 e. The minimum absolute atomic E-state index is 0.188. The molecule has 1 heterocycles. The van der Waals surface area contributed by atoms with Gasteiger partial charge in [0, 0.05) is 19.8 Å². The third-order valence-electron chi connectivity index (χ3n) is 3.60. The van der Waals surface area contributed by atoms with Gasteiger partial charge in [-0.3, -0.25) is 4.79 Å². The maximum Gasteiger partial charge on any atom is 0.256 e. The maximum absolute atomic E-state index is 12.3. The zero-order chi connectivity index (χ0) is 16.6.